The average Bonchev–Trinajstić information content (AvgIpc) is 2.70. The fourth-order valence-electron chi connectivity index (χ4n) is 1.57. The van der Waals surface area contributed by atoms with E-state index in [9.17, 15) is 0 Å². The standard InChI is InChI=1S/C11H13ClN4/c1-2-4-16-5-3-14-11(16)6-10-9(12)7-13-8-15-10/h3,5,7-8H,2,4,6H2,1H3. The van der Waals surface area contributed by atoms with Crippen LogP contribution in [0.2, 0.25) is 5.02 Å². The molecular weight excluding hydrogens is 224 g/mol. The number of nitrogens with zero attached hydrogens (tertiary/aromatic N) is 4. The van der Waals surface area contributed by atoms with Crippen molar-refractivity contribution in [1.29, 1.82) is 0 Å². The lowest BCUT2D eigenvalue weighted by Crippen LogP contribution is -2.05. The molecule has 0 aliphatic heterocycles. The molecule has 0 saturated carbocycles. The molecule has 2 rings (SSSR count). The Morgan fingerprint density at radius 1 is 1.38 bits per heavy atom. The summed E-state index contributed by atoms with van der Waals surface area (Å²) in [5, 5.41) is 0.591. The van der Waals surface area contributed by atoms with Gasteiger partial charge in [-0.2, -0.15) is 0 Å². The first-order valence-electron chi connectivity index (χ1n) is 5.25. The Labute approximate surface area is 99.3 Å². The summed E-state index contributed by atoms with van der Waals surface area (Å²) >= 11 is 6.01. The van der Waals surface area contributed by atoms with Gasteiger partial charge in [-0.3, -0.25) is 0 Å². The summed E-state index contributed by atoms with van der Waals surface area (Å²) in [6, 6.07) is 0. The number of rotatable bonds is 4. The molecule has 0 unspecified atom stereocenters. The number of hydrogen-bond acceptors (Lipinski definition) is 3. The third-order valence-corrected chi connectivity index (χ3v) is 2.65. The van der Waals surface area contributed by atoms with Crippen molar-refractivity contribution >= 4 is 11.6 Å². The average molecular weight is 237 g/mol. The van der Waals surface area contributed by atoms with E-state index in [0.29, 0.717) is 11.4 Å². The SMILES string of the molecule is CCCn1ccnc1Cc1ncncc1Cl. The van der Waals surface area contributed by atoms with E-state index in [1.165, 1.54) is 6.33 Å². The van der Waals surface area contributed by atoms with Gasteiger partial charge in [-0.25, -0.2) is 15.0 Å². The lowest BCUT2D eigenvalue weighted by molar-refractivity contribution is 0.644. The second kappa shape index (κ2) is 5.07. The number of aromatic nitrogens is 4. The van der Waals surface area contributed by atoms with E-state index >= 15 is 0 Å². The second-order valence-corrected chi connectivity index (χ2v) is 3.94. The van der Waals surface area contributed by atoms with Crippen LogP contribution in [0.15, 0.2) is 24.9 Å². The van der Waals surface area contributed by atoms with Crippen LogP contribution < -0.4 is 0 Å². The fourth-order valence-corrected chi connectivity index (χ4v) is 1.74. The molecule has 0 saturated heterocycles. The molecular formula is C11H13ClN4. The summed E-state index contributed by atoms with van der Waals surface area (Å²) in [5.74, 6) is 0.988. The van der Waals surface area contributed by atoms with Gasteiger partial charge in [0.05, 0.1) is 10.7 Å². The summed E-state index contributed by atoms with van der Waals surface area (Å²) in [7, 11) is 0. The molecule has 0 spiro atoms. The van der Waals surface area contributed by atoms with E-state index in [0.717, 1.165) is 24.5 Å². The van der Waals surface area contributed by atoms with Crippen LogP contribution in [0.4, 0.5) is 0 Å². The Hall–Kier alpha value is -1.42. The molecule has 0 aliphatic carbocycles. The lowest BCUT2D eigenvalue weighted by Gasteiger charge is -2.06. The molecule has 0 fully saturated rings. The molecule has 2 aromatic heterocycles. The fraction of sp³-hybridized carbons (Fsp3) is 0.364. The summed E-state index contributed by atoms with van der Waals surface area (Å²) in [6.07, 6.45) is 8.63. The molecule has 16 heavy (non-hydrogen) atoms. The maximum atomic E-state index is 6.01. The van der Waals surface area contributed by atoms with E-state index in [4.69, 9.17) is 11.6 Å². The summed E-state index contributed by atoms with van der Waals surface area (Å²) < 4.78 is 2.12. The predicted octanol–water partition coefficient (Wildman–Crippen LogP) is 2.33. The molecule has 0 amide bonds. The van der Waals surface area contributed by atoms with Crippen molar-refractivity contribution in [1.82, 2.24) is 19.5 Å². The van der Waals surface area contributed by atoms with E-state index in [1.54, 1.807) is 12.4 Å². The zero-order valence-electron chi connectivity index (χ0n) is 9.10. The van der Waals surface area contributed by atoms with E-state index in [-0.39, 0.29) is 0 Å². The number of aryl methyl sites for hydroxylation is 1. The van der Waals surface area contributed by atoms with Crippen molar-refractivity contribution in [2.75, 3.05) is 0 Å². The molecule has 0 bridgehead atoms. The highest BCUT2D eigenvalue weighted by molar-refractivity contribution is 6.31. The normalized spacial score (nSPS) is 10.6. The predicted molar refractivity (Wildman–Crippen MR) is 62.4 cm³/mol. The zero-order chi connectivity index (χ0) is 11.4. The molecule has 0 N–H and O–H groups in total. The van der Waals surface area contributed by atoms with Gasteiger partial charge in [0.2, 0.25) is 0 Å². The first-order chi connectivity index (χ1) is 7.81. The maximum Gasteiger partial charge on any atom is 0.115 e. The largest absolute Gasteiger partial charge is 0.335 e. The highest BCUT2D eigenvalue weighted by Crippen LogP contribution is 2.14. The van der Waals surface area contributed by atoms with Crippen LogP contribution in [0.3, 0.4) is 0 Å². The smallest absolute Gasteiger partial charge is 0.115 e. The van der Waals surface area contributed by atoms with Crippen LogP contribution in [0.25, 0.3) is 0 Å². The molecule has 2 heterocycles. The van der Waals surface area contributed by atoms with Gasteiger partial charge in [-0.15, -0.1) is 0 Å². The number of halogens is 1. The Balaban J connectivity index is 2.20. The first-order valence-corrected chi connectivity index (χ1v) is 5.63. The third-order valence-electron chi connectivity index (χ3n) is 2.34. The first kappa shape index (κ1) is 11.1. The van der Waals surface area contributed by atoms with Crippen LogP contribution in [-0.2, 0) is 13.0 Å². The van der Waals surface area contributed by atoms with E-state index in [1.807, 2.05) is 6.20 Å². The topological polar surface area (TPSA) is 43.6 Å². The third kappa shape index (κ3) is 2.39. The molecule has 0 aromatic carbocycles. The van der Waals surface area contributed by atoms with Gasteiger partial charge in [0, 0.05) is 31.6 Å². The monoisotopic (exact) mass is 236 g/mol. The molecule has 0 aliphatic rings. The van der Waals surface area contributed by atoms with Gasteiger partial charge < -0.3 is 4.57 Å². The highest BCUT2D eigenvalue weighted by Gasteiger charge is 2.07. The minimum absolute atomic E-state index is 0.591. The number of imidazole rings is 1. The van der Waals surface area contributed by atoms with Crippen molar-refractivity contribution in [3.63, 3.8) is 0 Å². The van der Waals surface area contributed by atoms with Gasteiger partial charge in [0.1, 0.15) is 12.2 Å². The van der Waals surface area contributed by atoms with Crippen molar-refractivity contribution < 1.29 is 0 Å². The van der Waals surface area contributed by atoms with Gasteiger partial charge in [0.25, 0.3) is 0 Å². The highest BCUT2D eigenvalue weighted by atomic mass is 35.5. The van der Waals surface area contributed by atoms with Crippen LogP contribution in [-0.4, -0.2) is 19.5 Å². The second-order valence-electron chi connectivity index (χ2n) is 3.53. The van der Waals surface area contributed by atoms with Crippen molar-refractivity contribution in [2.45, 2.75) is 26.3 Å². The Bertz CT molecular complexity index is 467. The Morgan fingerprint density at radius 3 is 3.00 bits per heavy atom. The summed E-state index contributed by atoms with van der Waals surface area (Å²) in [5.41, 5.74) is 0.820. The van der Waals surface area contributed by atoms with Crippen LogP contribution in [0.5, 0.6) is 0 Å². The maximum absolute atomic E-state index is 6.01. The summed E-state index contributed by atoms with van der Waals surface area (Å²) in [4.78, 5) is 12.3. The lowest BCUT2D eigenvalue weighted by atomic mass is 10.3. The number of hydrogen-bond donors (Lipinski definition) is 0. The van der Waals surface area contributed by atoms with Crippen LogP contribution in [0, 0.1) is 0 Å². The van der Waals surface area contributed by atoms with Gasteiger partial charge in [-0.05, 0) is 6.42 Å². The quantitative estimate of drug-likeness (QED) is 0.818. The molecule has 4 nitrogen and oxygen atoms in total. The van der Waals surface area contributed by atoms with Crippen LogP contribution in [0.1, 0.15) is 24.9 Å². The molecule has 84 valence electrons. The minimum Gasteiger partial charge on any atom is -0.335 e. The molecule has 0 radical (unpaired) electrons. The minimum atomic E-state index is 0.591. The molecule has 0 atom stereocenters. The van der Waals surface area contributed by atoms with Crippen molar-refractivity contribution in [3.8, 4) is 0 Å². The Morgan fingerprint density at radius 2 is 2.25 bits per heavy atom. The van der Waals surface area contributed by atoms with Gasteiger partial charge >= 0.3 is 0 Å². The molecule has 5 heteroatoms. The Kier molecular flexibility index (Phi) is 3.51. The van der Waals surface area contributed by atoms with Crippen molar-refractivity contribution in [3.05, 3.63) is 41.5 Å². The van der Waals surface area contributed by atoms with Gasteiger partial charge in [-0.1, -0.05) is 18.5 Å². The van der Waals surface area contributed by atoms with Crippen LogP contribution >= 0.6 is 11.6 Å². The van der Waals surface area contributed by atoms with E-state index in [2.05, 4.69) is 26.4 Å². The van der Waals surface area contributed by atoms with E-state index < -0.39 is 0 Å². The van der Waals surface area contributed by atoms with Crippen molar-refractivity contribution in [2.24, 2.45) is 0 Å². The summed E-state index contributed by atoms with van der Waals surface area (Å²) in [6.45, 7) is 3.11. The zero-order valence-corrected chi connectivity index (χ0v) is 9.85. The molecule has 2 aromatic rings. The van der Waals surface area contributed by atoms with Gasteiger partial charge in [0.15, 0.2) is 0 Å².